The second kappa shape index (κ2) is 6.88. The minimum absolute atomic E-state index is 0.103. The zero-order valence-electron chi connectivity index (χ0n) is 12.2. The topological polar surface area (TPSA) is 39.7 Å². The maximum Gasteiger partial charge on any atom is 0.163 e. The van der Waals surface area contributed by atoms with Crippen molar-refractivity contribution in [2.75, 3.05) is 19.8 Å². The molecule has 1 fully saturated rings. The lowest BCUT2D eigenvalue weighted by atomic mass is 10.2. The molecule has 110 valence electrons. The average molecular weight is 277 g/mol. The van der Waals surface area contributed by atoms with Crippen molar-refractivity contribution in [2.24, 2.45) is 0 Å². The lowest BCUT2D eigenvalue weighted by Gasteiger charge is -2.17. The summed E-state index contributed by atoms with van der Waals surface area (Å²) >= 11 is 0. The van der Waals surface area contributed by atoms with Crippen LogP contribution in [0, 0.1) is 0 Å². The summed E-state index contributed by atoms with van der Waals surface area (Å²) in [6.45, 7) is 10.2. The molecule has 1 atom stereocenters. The molecule has 0 amide bonds. The summed E-state index contributed by atoms with van der Waals surface area (Å²) in [6, 6.07) is 8.01. The van der Waals surface area contributed by atoms with E-state index >= 15 is 0 Å². The van der Waals surface area contributed by atoms with Gasteiger partial charge in [-0.2, -0.15) is 0 Å². The predicted molar refractivity (Wildman–Crippen MR) is 78.7 cm³/mol. The maximum absolute atomic E-state index is 5.75. The number of ether oxygens (including phenoxy) is 3. The van der Waals surface area contributed by atoms with E-state index in [2.05, 4.69) is 18.0 Å². The third-order valence-corrected chi connectivity index (χ3v) is 3.08. The van der Waals surface area contributed by atoms with Gasteiger partial charge in [0.1, 0.15) is 12.4 Å². The van der Waals surface area contributed by atoms with Gasteiger partial charge in [0.25, 0.3) is 0 Å². The van der Waals surface area contributed by atoms with Crippen LogP contribution in [-0.4, -0.2) is 31.6 Å². The highest BCUT2D eigenvalue weighted by Gasteiger charge is 2.32. The van der Waals surface area contributed by atoms with Crippen LogP contribution >= 0.6 is 0 Å². The van der Waals surface area contributed by atoms with E-state index in [0.717, 1.165) is 24.4 Å². The molecule has 0 saturated carbocycles. The first-order valence-corrected chi connectivity index (χ1v) is 6.95. The molecule has 1 aromatic rings. The first-order valence-electron chi connectivity index (χ1n) is 6.95. The van der Waals surface area contributed by atoms with Crippen LogP contribution in [0.2, 0.25) is 0 Å². The minimum atomic E-state index is -0.461. The van der Waals surface area contributed by atoms with E-state index in [4.69, 9.17) is 14.2 Å². The maximum atomic E-state index is 5.75. The highest BCUT2D eigenvalue weighted by molar-refractivity contribution is 5.33. The van der Waals surface area contributed by atoms with E-state index in [1.54, 1.807) is 6.08 Å². The van der Waals surface area contributed by atoms with Gasteiger partial charge in [0.2, 0.25) is 0 Å². The zero-order valence-corrected chi connectivity index (χ0v) is 12.2. The molecule has 0 radical (unpaired) electrons. The van der Waals surface area contributed by atoms with Gasteiger partial charge < -0.3 is 19.5 Å². The molecule has 1 aliphatic heterocycles. The molecule has 20 heavy (non-hydrogen) atoms. The van der Waals surface area contributed by atoms with Gasteiger partial charge in [-0.15, -0.1) is 0 Å². The molecule has 1 aliphatic rings. The van der Waals surface area contributed by atoms with E-state index in [0.29, 0.717) is 13.2 Å². The van der Waals surface area contributed by atoms with Crippen LogP contribution in [0.1, 0.15) is 19.4 Å². The molecule has 1 saturated heterocycles. The van der Waals surface area contributed by atoms with Crippen molar-refractivity contribution in [3.05, 3.63) is 42.5 Å². The number of rotatable bonds is 7. The first kappa shape index (κ1) is 15.0. The van der Waals surface area contributed by atoms with E-state index in [1.807, 2.05) is 32.0 Å². The molecule has 1 unspecified atom stereocenters. The summed E-state index contributed by atoms with van der Waals surface area (Å²) in [5.74, 6) is 0.431. The van der Waals surface area contributed by atoms with E-state index in [9.17, 15) is 0 Å². The normalized spacial score (nSPS) is 20.8. The molecule has 0 aliphatic carbocycles. The Kier molecular flexibility index (Phi) is 5.17. The Morgan fingerprint density at radius 2 is 2.25 bits per heavy atom. The Bertz CT molecular complexity index is 445. The van der Waals surface area contributed by atoms with Crippen LogP contribution in [-0.2, 0) is 16.0 Å². The zero-order chi connectivity index (χ0) is 14.4. The van der Waals surface area contributed by atoms with Crippen LogP contribution in [0.4, 0.5) is 0 Å². The molecule has 1 N–H and O–H groups in total. The van der Waals surface area contributed by atoms with Gasteiger partial charge >= 0.3 is 0 Å². The second-order valence-electron chi connectivity index (χ2n) is 5.29. The smallest absolute Gasteiger partial charge is 0.163 e. The Morgan fingerprint density at radius 1 is 1.45 bits per heavy atom. The van der Waals surface area contributed by atoms with Gasteiger partial charge in [-0.05, 0) is 19.9 Å². The van der Waals surface area contributed by atoms with Gasteiger partial charge in [0.05, 0.1) is 12.7 Å². The van der Waals surface area contributed by atoms with E-state index in [1.165, 1.54) is 0 Å². The molecule has 2 rings (SSSR count). The Hall–Kier alpha value is -1.36. The Labute approximate surface area is 120 Å². The highest BCUT2D eigenvalue weighted by Crippen LogP contribution is 2.22. The summed E-state index contributed by atoms with van der Waals surface area (Å²) in [6.07, 6.45) is 1.85. The van der Waals surface area contributed by atoms with E-state index < -0.39 is 5.79 Å². The van der Waals surface area contributed by atoms with Crippen molar-refractivity contribution in [3.63, 3.8) is 0 Å². The van der Waals surface area contributed by atoms with Crippen molar-refractivity contribution >= 4 is 0 Å². The van der Waals surface area contributed by atoms with Gasteiger partial charge in [0.15, 0.2) is 5.79 Å². The van der Waals surface area contributed by atoms with Gasteiger partial charge in [-0.1, -0.05) is 30.9 Å². The van der Waals surface area contributed by atoms with Gasteiger partial charge in [-0.3, -0.25) is 0 Å². The summed E-state index contributed by atoms with van der Waals surface area (Å²) in [4.78, 5) is 0. The fraction of sp³-hybridized carbons (Fsp3) is 0.500. The number of para-hydroxylation sites is 1. The standard InChI is InChI=1S/C16H23NO3/c1-4-9-18-15-8-6-5-7-13(15)10-17-11-14-12-19-16(2,3)20-14/h4-8,14,17H,1,9-12H2,2-3H3. The van der Waals surface area contributed by atoms with Crippen LogP contribution in [0.3, 0.4) is 0 Å². The fourth-order valence-electron chi connectivity index (χ4n) is 2.17. The van der Waals surface area contributed by atoms with Gasteiger partial charge in [0, 0.05) is 18.7 Å². The van der Waals surface area contributed by atoms with Crippen molar-refractivity contribution in [2.45, 2.75) is 32.3 Å². The predicted octanol–water partition coefficient (Wildman–Crippen LogP) is 2.49. The first-order chi connectivity index (χ1) is 9.61. The monoisotopic (exact) mass is 277 g/mol. The van der Waals surface area contributed by atoms with Crippen molar-refractivity contribution in [3.8, 4) is 5.75 Å². The van der Waals surface area contributed by atoms with Crippen LogP contribution in [0.5, 0.6) is 5.75 Å². The molecule has 1 aromatic carbocycles. The molecule has 4 heteroatoms. The molecule has 1 heterocycles. The summed E-state index contributed by atoms with van der Waals surface area (Å²) in [5.41, 5.74) is 1.13. The third-order valence-electron chi connectivity index (χ3n) is 3.08. The largest absolute Gasteiger partial charge is 0.489 e. The second-order valence-corrected chi connectivity index (χ2v) is 5.29. The fourth-order valence-corrected chi connectivity index (χ4v) is 2.17. The number of benzene rings is 1. The lowest BCUT2D eigenvalue weighted by Crippen LogP contribution is -2.30. The number of hydrogen-bond donors (Lipinski definition) is 1. The Morgan fingerprint density at radius 3 is 2.95 bits per heavy atom. The summed E-state index contributed by atoms with van der Waals surface area (Å²) < 4.78 is 16.9. The number of nitrogens with one attached hydrogen (secondary N) is 1. The van der Waals surface area contributed by atoms with Crippen LogP contribution < -0.4 is 10.1 Å². The SMILES string of the molecule is C=CCOc1ccccc1CNCC1COC(C)(C)O1. The highest BCUT2D eigenvalue weighted by atomic mass is 16.7. The van der Waals surface area contributed by atoms with Crippen LogP contribution in [0.15, 0.2) is 36.9 Å². The minimum Gasteiger partial charge on any atom is -0.489 e. The number of hydrogen-bond acceptors (Lipinski definition) is 4. The van der Waals surface area contributed by atoms with Crippen LogP contribution in [0.25, 0.3) is 0 Å². The molecule has 0 bridgehead atoms. The van der Waals surface area contributed by atoms with Crippen molar-refractivity contribution in [1.82, 2.24) is 5.32 Å². The van der Waals surface area contributed by atoms with Crippen molar-refractivity contribution < 1.29 is 14.2 Å². The quantitative estimate of drug-likeness (QED) is 0.777. The van der Waals surface area contributed by atoms with Crippen molar-refractivity contribution in [1.29, 1.82) is 0 Å². The van der Waals surface area contributed by atoms with Gasteiger partial charge in [-0.25, -0.2) is 0 Å². The molecule has 4 nitrogen and oxygen atoms in total. The average Bonchev–Trinajstić information content (AvgIpc) is 2.77. The summed E-state index contributed by atoms with van der Waals surface area (Å²) in [5, 5.41) is 3.39. The molecule has 0 aromatic heterocycles. The Balaban J connectivity index is 1.80. The molecule has 0 spiro atoms. The molecular weight excluding hydrogens is 254 g/mol. The van der Waals surface area contributed by atoms with E-state index in [-0.39, 0.29) is 6.10 Å². The lowest BCUT2D eigenvalue weighted by molar-refractivity contribution is -0.137. The summed E-state index contributed by atoms with van der Waals surface area (Å²) in [7, 11) is 0. The molecular formula is C16H23NO3. The third kappa shape index (κ3) is 4.34.